The zero-order valence-corrected chi connectivity index (χ0v) is 18.3. The van der Waals surface area contributed by atoms with Crippen LogP contribution in [0.3, 0.4) is 0 Å². The number of nitrogens with one attached hydrogen (secondary N) is 1. The summed E-state index contributed by atoms with van der Waals surface area (Å²) in [5, 5.41) is 7.62. The Bertz CT molecular complexity index is 1110. The van der Waals surface area contributed by atoms with Crippen molar-refractivity contribution in [3.05, 3.63) is 76.6 Å². The monoisotopic (exact) mass is 416 g/mol. The molecule has 3 aromatic rings. The summed E-state index contributed by atoms with van der Waals surface area (Å²) in [6, 6.07) is 15.3. The summed E-state index contributed by atoms with van der Waals surface area (Å²) in [4.78, 5) is 27.5. The number of hydrogen-bond donors (Lipinski definition) is 1. The molecular formula is C25H28N4O2. The van der Waals surface area contributed by atoms with Gasteiger partial charge in [-0.05, 0) is 70.4 Å². The van der Waals surface area contributed by atoms with Crippen molar-refractivity contribution in [1.29, 1.82) is 0 Å². The van der Waals surface area contributed by atoms with Crippen molar-refractivity contribution in [2.24, 2.45) is 0 Å². The summed E-state index contributed by atoms with van der Waals surface area (Å²) >= 11 is 0. The molecule has 6 nitrogen and oxygen atoms in total. The van der Waals surface area contributed by atoms with Crippen molar-refractivity contribution in [3.8, 4) is 5.69 Å². The van der Waals surface area contributed by atoms with Gasteiger partial charge in [0, 0.05) is 35.6 Å². The fourth-order valence-corrected chi connectivity index (χ4v) is 4.13. The molecule has 2 amide bonds. The Hall–Kier alpha value is -3.41. The zero-order valence-electron chi connectivity index (χ0n) is 18.3. The van der Waals surface area contributed by atoms with Crippen LogP contribution < -0.4 is 5.32 Å². The Balaban J connectivity index is 1.60. The quantitative estimate of drug-likeness (QED) is 0.647. The van der Waals surface area contributed by atoms with E-state index < -0.39 is 0 Å². The molecule has 1 heterocycles. The first-order valence-corrected chi connectivity index (χ1v) is 10.9. The highest BCUT2D eigenvalue weighted by Crippen LogP contribution is 2.28. The number of rotatable bonds is 6. The van der Waals surface area contributed by atoms with Crippen molar-refractivity contribution in [3.63, 3.8) is 0 Å². The molecule has 160 valence electrons. The van der Waals surface area contributed by atoms with Gasteiger partial charge < -0.3 is 10.2 Å². The van der Waals surface area contributed by atoms with E-state index in [0.29, 0.717) is 30.0 Å². The zero-order chi connectivity index (χ0) is 22.0. The first-order chi connectivity index (χ1) is 15.0. The van der Waals surface area contributed by atoms with Gasteiger partial charge in [-0.15, -0.1) is 0 Å². The molecule has 0 saturated carbocycles. The number of aryl methyl sites for hydroxylation is 1. The number of carbonyl (C=O) groups excluding carboxylic acids is 2. The van der Waals surface area contributed by atoms with Crippen molar-refractivity contribution >= 4 is 17.5 Å². The largest absolute Gasteiger partial charge is 0.339 e. The lowest BCUT2D eigenvalue weighted by atomic mass is 10.1. The molecule has 1 aromatic heterocycles. The molecule has 0 fully saturated rings. The van der Waals surface area contributed by atoms with E-state index in [9.17, 15) is 9.59 Å². The molecule has 6 heteroatoms. The van der Waals surface area contributed by atoms with Gasteiger partial charge in [-0.3, -0.25) is 9.59 Å². The van der Waals surface area contributed by atoms with E-state index in [0.717, 1.165) is 36.2 Å². The third-order valence-electron chi connectivity index (χ3n) is 5.84. The normalized spacial score (nSPS) is 12.5. The lowest BCUT2D eigenvalue weighted by Crippen LogP contribution is -2.30. The van der Waals surface area contributed by atoms with Crippen molar-refractivity contribution in [1.82, 2.24) is 14.7 Å². The van der Waals surface area contributed by atoms with E-state index in [1.807, 2.05) is 30.7 Å². The molecule has 31 heavy (non-hydrogen) atoms. The van der Waals surface area contributed by atoms with Crippen molar-refractivity contribution < 1.29 is 9.59 Å². The van der Waals surface area contributed by atoms with Gasteiger partial charge in [-0.2, -0.15) is 5.10 Å². The molecule has 2 aromatic carbocycles. The van der Waals surface area contributed by atoms with E-state index in [2.05, 4.69) is 29.5 Å². The fourth-order valence-electron chi connectivity index (χ4n) is 4.13. The summed E-state index contributed by atoms with van der Waals surface area (Å²) in [6.07, 6.45) is 2.79. The number of aromatic nitrogens is 2. The van der Waals surface area contributed by atoms with Crippen LogP contribution in [0.25, 0.3) is 5.69 Å². The summed E-state index contributed by atoms with van der Waals surface area (Å²) in [5.74, 6) is -0.276. The molecule has 0 atom stereocenters. The topological polar surface area (TPSA) is 67.2 Å². The highest BCUT2D eigenvalue weighted by atomic mass is 16.2. The second-order valence-electron chi connectivity index (χ2n) is 7.89. The Labute approximate surface area is 182 Å². The summed E-state index contributed by atoms with van der Waals surface area (Å²) in [6.45, 7) is 7.26. The number of carbonyl (C=O) groups is 2. The van der Waals surface area contributed by atoms with E-state index >= 15 is 0 Å². The molecule has 0 radical (unpaired) electrons. The first-order valence-electron chi connectivity index (χ1n) is 10.9. The van der Waals surface area contributed by atoms with Crippen LogP contribution in [0.1, 0.15) is 57.9 Å². The number of hydrogen-bond acceptors (Lipinski definition) is 3. The molecular weight excluding hydrogens is 388 g/mol. The maximum absolute atomic E-state index is 13.1. The number of amides is 2. The van der Waals surface area contributed by atoms with E-state index in [4.69, 9.17) is 0 Å². The van der Waals surface area contributed by atoms with Crippen LogP contribution in [0.4, 0.5) is 5.69 Å². The van der Waals surface area contributed by atoms with E-state index in [1.165, 1.54) is 5.56 Å². The molecule has 0 unspecified atom stereocenters. The first kappa shape index (κ1) is 20.8. The second kappa shape index (κ2) is 8.76. The highest BCUT2D eigenvalue weighted by molar-refractivity contribution is 6.05. The summed E-state index contributed by atoms with van der Waals surface area (Å²) < 4.78 is 1.90. The van der Waals surface area contributed by atoms with Gasteiger partial charge in [0.1, 0.15) is 0 Å². The Morgan fingerprint density at radius 2 is 1.81 bits per heavy atom. The molecule has 1 aliphatic carbocycles. The molecule has 1 N–H and O–H groups in total. The predicted molar refractivity (Wildman–Crippen MR) is 122 cm³/mol. The van der Waals surface area contributed by atoms with Gasteiger partial charge in [0.25, 0.3) is 11.8 Å². The van der Waals surface area contributed by atoms with Gasteiger partial charge in [-0.1, -0.05) is 23.8 Å². The third kappa shape index (κ3) is 4.10. The van der Waals surface area contributed by atoms with Gasteiger partial charge in [-0.25, -0.2) is 4.68 Å². The van der Waals surface area contributed by atoms with Gasteiger partial charge in [0.15, 0.2) is 5.69 Å². The average Bonchev–Trinajstić information content (AvgIpc) is 3.38. The minimum Gasteiger partial charge on any atom is -0.339 e. The molecule has 0 spiro atoms. The minimum absolute atomic E-state index is 0.0364. The van der Waals surface area contributed by atoms with Crippen molar-refractivity contribution in [2.75, 3.05) is 18.4 Å². The lowest BCUT2D eigenvalue weighted by Gasteiger charge is -2.19. The summed E-state index contributed by atoms with van der Waals surface area (Å²) in [7, 11) is 0. The van der Waals surface area contributed by atoms with Crippen LogP contribution in [-0.2, 0) is 12.8 Å². The van der Waals surface area contributed by atoms with Crippen LogP contribution >= 0.6 is 0 Å². The number of anilines is 1. The van der Waals surface area contributed by atoms with Crippen LogP contribution in [0, 0.1) is 6.92 Å². The Morgan fingerprint density at radius 1 is 1.06 bits per heavy atom. The van der Waals surface area contributed by atoms with Crippen LogP contribution in [0.2, 0.25) is 0 Å². The minimum atomic E-state index is -0.239. The Morgan fingerprint density at radius 3 is 2.52 bits per heavy atom. The predicted octanol–water partition coefficient (Wildman–Crippen LogP) is 4.40. The van der Waals surface area contributed by atoms with Gasteiger partial charge in [0.2, 0.25) is 0 Å². The smallest absolute Gasteiger partial charge is 0.276 e. The number of fused-ring (bicyclic) bond motifs is 1. The Kier molecular flexibility index (Phi) is 5.89. The highest BCUT2D eigenvalue weighted by Gasteiger charge is 2.27. The lowest BCUT2D eigenvalue weighted by molar-refractivity contribution is 0.0772. The van der Waals surface area contributed by atoms with Crippen molar-refractivity contribution in [2.45, 2.75) is 40.0 Å². The number of nitrogens with zero attached hydrogens (tertiary/aromatic N) is 3. The summed E-state index contributed by atoms with van der Waals surface area (Å²) in [5.41, 5.74) is 5.91. The SMILES string of the molecule is CCN(CC)C(=O)c1cccc(NC(=O)c2nn(-c3ccc(C)cc3)c3c2CCC3)c1. The maximum atomic E-state index is 13.1. The van der Waals surface area contributed by atoms with E-state index in [1.54, 1.807) is 29.2 Å². The molecule has 4 rings (SSSR count). The van der Waals surface area contributed by atoms with Crippen LogP contribution in [0.5, 0.6) is 0 Å². The molecule has 0 saturated heterocycles. The van der Waals surface area contributed by atoms with Gasteiger partial charge >= 0.3 is 0 Å². The second-order valence-corrected chi connectivity index (χ2v) is 7.89. The number of benzene rings is 2. The van der Waals surface area contributed by atoms with Crippen LogP contribution in [-0.4, -0.2) is 39.6 Å². The van der Waals surface area contributed by atoms with Crippen LogP contribution in [0.15, 0.2) is 48.5 Å². The average molecular weight is 417 g/mol. The molecule has 0 bridgehead atoms. The standard InChI is InChI=1S/C25H28N4O2/c1-4-28(5-2)25(31)18-8-6-9-19(16-18)26-24(30)23-21-10-7-11-22(21)29(27-23)20-14-12-17(3)13-15-20/h6,8-9,12-16H,4-5,7,10-11H2,1-3H3,(H,26,30). The molecule has 0 aliphatic heterocycles. The fraction of sp³-hybridized carbons (Fsp3) is 0.320. The molecule has 1 aliphatic rings. The third-order valence-corrected chi connectivity index (χ3v) is 5.84. The van der Waals surface area contributed by atoms with E-state index in [-0.39, 0.29) is 11.8 Å². The maximum Gasteiger partial charge on any atom is 0.276 e. The van der Waals surface area contributed by atoms with Gasteiger partial charge in [0.05, 0.1) is 5.69 Å².